The summed E-state index contributed by atoms with van der Waals surface area (Å²) >= 11 is 10.0. The lowest BCUT2D eigenvalue weighted by atomic mass is 10.0. The molecular formula is C15H20BrClN4. The Bertz CT molecular complexity index is 639. The number of aromatic nitrogens is 2. The summed E-state index contributed by atoms with van der Waals surface area (Å²) < 4.78 is 3.03. The molecular weight excluding hydrogens is 352 g/mol. The minimum atomic E-state index is -0.0601. The zero-order valence-electron chi connectivity index (χ0n) is 12.5. The lowest BCUT2D eigenvalue weighted by molar-refractivity contribution is 0.516. The molecule has 114 valence electrons. The molecule has 2 rings (SSSR count). The van der Waals surface area contributed by atoms with Crippen LogP contribution in [0.4, 0.5) is 0 Å². The van der Waals surface area contributed by atoms with Crippen LogP contribution in [0.5, 0.6) is 0 Å². The molecule has 0 amide bonds. The Morgan fingerprint density at radius 1 is 1.43 bits per heavy atom. The minimum Gasteiger partial charge on any atom is -0.271 e. The first-order chi connectivity index (χ1) is 9.99. The zero-order valence-corrected chi connectivity index (χ0v) is 14.8. The van der Waals surface area contributed by atoms with E-state index in [9.17, 15) is 0 Å². The molecule has 0 radical (unpaired) electrons. The third kappa shape index (κ3) is 3.31. The van der Waals surface area contributed by atoms with Crippen LogP contribution in [0.1, 0.15) is 35.5 Å². The number of hydrazine groups is 1. The maximum Gasteiger partial charge on any atom is 0.0738 e. The van der Waals surface area contributed by atoms with Crippen molar-refractivity contribution >= 4 is 27.5 Å². The van der Waals surface area contributed by atoms with Crippen molar-refractivity contribution in [1.82, 2.24) is 15.2 Å². The minimum absolute atomic E-state index is 0.0601. The number of hydrogen-bond donors (Lipinski definition) is 2. The van der Waals surface area contributed by atoms with Gasteiger partial charge in [-0.25, -0.2) is 0 Å². The third-order valence-electron chi connectivity index (χ3n) is 3.65. The van der Waals surface area contributed by atoms with Crippen molar-refractivity contribution in [2.24, 2.45) is 5.84 Å². The number of rotatable bonds is 5. The quantitative estimate of drug-likeness (QED) is 0.622. The van der Waals surface area contributed by atoms with Crippen LogP contribution in [0.2, 0.25) is 5.02 Å². The van der Waals surface area contributed by atoms with E-state index in [1.807, 2.05) is 36.7 Å². The highest BCUT2D eigenvalue weighted by molar-refractivity contribution is 9.10. The first-order valence-electron chi connectivity index (χ1n) is 6.92. The number of benzene rings is 1. The number of nitrogens with two attached hydrogens (primary N) is 1. The van der Waals surface area contributed by atoms with Gasteiger partial charge >= 0.3 is 0 Å². The Kier molecular flexibility index (Phi) is 5.43. The first-order valence-corrected chi connectivity index (χ1v) is 8.09. The predicted molar refractivity (Wildman–Crippen MR) is 90.3 cm³/mol. The summed E-state index contributed by atoms with van der Waals surface area (Å²) in [7, 11) is 0. The molecule has 6 heteroatoms. The van der Waals surface area contributed by atoms with Gasteiger partial charge in [0, 0.05) is 18.0 Å². The van der Waals surface area contributed by atoms with Gasteiger partial charge in [0.2, 0.25) is 0 Å². The van der Waals surface area contributed by atoms with Crippen molar-refractivity contribution in [1.29, 1.82) is 0 Å². The zero-order chi connectivity index (χ0) is 15.6. The van der Waals surface area contributed by atoms with Crippen LogP contribution >= 0.6 is 27.5 Å². The van der Waals surface area contributed by atoms with Gasteiger partial charge in [0.25, 0.3) is 0 Å². The van der Waals surface area contributed by atoms with E-state index in [0.717, 1.165) is 45.0 Å². The molecule has 1 aromatic carbocycles. The summed E-state index contributed by atoms with van der Waals surface area (Å²) in [6, 6.07) is 5.94. The normalized spacial score (nSPS) is 12.7. The smallest absolute Gasteiger partial charge is 0.0738 e. The lowest BCUT2D eigenvalue weighted by Crippen LogP contribution is -2.30. The summed E-state index contributed by atoms with van der Waals surface area (Å²) in [6.45, 7) is 6.88. The fraction of sp³-hybridized carbons (Fsp3) is 0.400. The van der Waals surface area contributed by atoms with Crippen molar-refractivity contribution < 1.29 is 0 Å². The molecule has 0 spiro atoms. The maximum absolute atomic E-state index is 6.42. The lowest BCUT2D eigenvalue weighted by Gasteiger charge is -2.19. The summed E-state index contributed by atoms with van der Waals surface area (Å²) in [4.78, 5) is 0. The molecule has 1 aromatic heterocycles. The molecule has 0 aliphatic carbocycles. The van der Waals surface area contributed by atoms with Crippen LogP contribution in [0, 0.1) is 13.8 Å². The van der Waals surface area contributed by atoms with Gasteiger partial charge in [0.1, 0.15) is 0 Å². The molecule has 4 nitrogen and oxygen atoms in total. The number of nitrogens with one attached hydrogen (secondary N) is 1. The highest BCUT2D eigenvalue weighted by Crippen LogP contribution is 2.30. The monoisotopic (exact) mass is 370 g/mol. The molecule has 1 heterocycles. The summed E-state index contributed by atoms with van der Waals surface area (Å²) in [5.41, 5.74) is 7.04. The van der Waals surface area contributed by atoms with E-state index in [2.05, 4.69) is 33.4 Å². The summed E-state index contributed by atoms with van der Waals surface area (Å²) in [5.74, 6) is 5.77. The SMILES string of the molecule is CCn1nc(C)c(Br)c1CC(NN)c1cccc(C)c1Cl. The molecule has 0 aliphatic heterocycles. The van der Waals surface area contributed by atoms with E-state index in [0.29, 0.717) is 0 Å². The average molecular weight is 372 g/mol. The van der Waals surface area contributed by atoms with Crippen molar-refractivity contribution in [2.45, 2.75) is 39.8 Å². The van der Waals surface area contributed by atoms with Crippen LogP contribution < -0.4 is 11.3 Å². The Hall–Kier alpha value is -0.880. The van der Waals surface area contributed by atoms with E-state index in [1.54, 1.807) is 0 Å². The van der Waals surface area contributed by atoms with Gasteiger partial charge in [-0.1, -0.05) is 29.8 Å². The van der Waals surface area contributed by atoms with Gasteiger partial charge in [-0.2, -0.15) is 5.10 Å². The van der Waals surface area contributed by atoms with Crippen LogP contribution in [0.15, 0.2) is 22.7 Å². The van der Waals surface area contributed by atoms with Crippen molar-refractivity contribution in [3.05, 3.63) is 50.2 Å². The van der Waals surface area contributed by atoms with Crippen molar-refractivity contribution in [2.75, 3.05) is 0 Å². The molecule has 0 saturated heterocycles. The van der Waals surface area contributed by atoms with Crippen LogP contribution in [0.3, 0.4) is 0 Å². The van der Waals surface area contributed by atoms with Crippen LogP contribution in [-0.4, -0.2) is 9.78 Å². The van der Waals surface area contributed by atoms with Gasteiger partial charge in [0.05, 0.1) is 21.9 Å². The summed E-state index contributed by atoms with van der Waals surface area (Å²) in [5, 5.41) is 5.28. The van der Waals surface area contributed by atoms with Gasteiger partial charge < -0.3 is 0 Å². The van der Waals surface area contributed by atoms with Gasteiger partial charge in [-0.3, -0.25) is 16.0 Å². The third-order valence-corrected chi connectivity index (χ3v) is 5.20. The maximum atomic E-state index is 6.42. The van der Waals surface area contributed by atoms with E-state index in [-0.39, 0.29) is 6.04 Å². The van der Waals surface area contributed by atoms with Crippen LogP contribution in [-0.2, 0) is 13.0 Å². The summed E-state index contributed by atoms with van der Waals surface area (Å²) in [6.07, 6.45) is 0.717. The van der Waals surface area contributed by atoms with Crippen molar-refractivity contribution in [3.8, 4) is 0 Å². The number of aryl methyl sites for hydroxylation is 3. The fourth-order valence-electron chi connectivity index (χ4n) is 2.46. The van der Waals surface area contributed by atoms with Crippen molar-refractivity contribution in [3.63, 3.8) is 0 Å². The fourth-order valence-corrected chi connectivity index (χ4v) is 3.16. The first kappa shape index (κ1) is 16.5. The second kappa shape index (κ2) is 6.92. The Morgan fingerprint density at radius 3 is 2.76 bits per heavy atom. The topological polar surface area (TPSA) is 55.9 Å². The largest absolute Gasteiger partial charge is 0.271 e. The number of halogens is 2. The van der Waals surface area contributed by atoms with E-state index in [1.165, 1.54) is 0 Å². The van der Waals surface area contributed by atoms with Gasteiger partial charge in [-0.05, 0) is 47.8 Å². The Balaban J connectivity index is 2.38. The molecule has 21 heavy (non-hydrogen) atoms. The predicted octanol–water partition coefficient (Wildman–Crippen LogP) is 3.68. The Morgan fingerprint density at radius 2 is 2.14 bits per heavy atom. The molecule has 0 fully saturated rings. The Labute approximate surface area is 138 Å². The molecule has 0 bridgehead atoms. The van der Waals surface area contributed by atoms with Gasteiger partial charge in [-0.15, -0.1) is 0 Å². The molecule has 1 unspecified atom stereocenters. The molecule has 0 aliphatic rings. The van der Waals surface area contributed by atoms with Gasteiger partial charge in [0.15, 0.2) is 0 Å². The average Bonchev–Trinajstić information content (AvgIpc) is 2.75. The highest BCUT2D eigenvalue weighted by atomic mass is 79.9. The second-order valence-electron chi connectivity index (χ2n) is 5.06. The number of nitrogens with zero attached hydrogens (tertiary/aromatic N) is 2. The van der Waals surface area contributed by atoms with E-state index >= 15 is 0 Å². The number of hydrogen-bond acceptors (Lipinski definition) is 3. The molecule has 2 aromatic rings. The standard InChI is InChI=1S/C15H20BrClN4/c1-4-21-13(14(16)10(3)20-21)8-12(19-18)11-7-5-6-9(2)15(11)17/h5-7,12,19H,4,8,18H2,1-3H3. The van der Waals surface area contributed by atoms with E-state index < -0.39 is 0 Å². The van der Waals surface area contributed by atoms with E-state index in [4.69, 9.17) is 17.4 Å². The molecule has 0 saturated carbocycles. The second-order valence-corrected chi connectivity index (χ2v) is 6.23. The van der Waals surface area contributed by atoms with Crippen LogP contribution in [0.25, 0.3) is 0 Å². The molecule has 3 N–H and O–H groups in total. The highest BCUT2D eigenvalue weighted by Gasteiger charge is 2.20. The molecule has 1 atom stereocenters.